The van der Waals surface area contributed by atoms with E-state index in [1.165, 1.54) is 5.39 Å². The largest absolute Gasteiger partial charge is 1.00 e. The van der Waals surface area contributed by atoms with Gasteiger partial charge < -0.3 is 14.4 Å². The van der Waals surface area contributed by atoms with Gasteiger partial charge in [-0.05, 0) is 24.3 Å². The standard InChI is InChI=1S/C10H10NO.C7H6O2.Na/c1-11-7-6-8-4-3-5-9(12-2)10(8)11;8-7(9)6-4-2-1-3-5-6;/h3-7H,2H2,1H3;1-5H,(H,8,9);/q-1;;+1. The van der Waals surface area contributed by atoms with Crippen molar-refractivity contribution in [3.63, 3.8) is 0 Å². The van der Waals surface area contributed by atoms with Gasteiger partial charge in [0.05, 0.1) is 11.1 Å². The van der Waals surface area contributed by atoms with Crippen LogP contribution in [0.1, 0.15) is 10.4 Å². The molecule has 0 aliphatic heterocycles. The van der Waals surface area contributed by atoms with Crippen LogP contribution in [0, 0.1) is 7.11 Å². The first kappa shape index (κ1) is 18.3. The molecule has 4 nitrogen and oxygen atoms in total. The number of carbonyl (C=O) groups is 1. The number of aryl methyl sites for hydroxylation is 1. The Morgan fingerprint density at radius 1 is 1.09 bits per heavy atom. The molecule has 5 heteroatoms. The van der Waals surface area contributed by atoms with Crippen molar-refractivity contribution in [3.05, 3.63) is 73.5 Å². The second-order valence-corrected chi connectivity index (χ2v) is 4.44. The third-order valence-electron chi connectivity index (χ3n) is 3.04. The minimum Gasteiger partial charge on any atom is -0.664 e. The molecule has 2 aromatic carbocycles. The third kappa shape index (κ3) is 4.37. The molecular formula is C17H16NNaO3. The number of aromatic nitrogens is 1. The third-order valence-corrected chi connectivity index (χ3v) is 3.04. The Morgan fingerprint density at radius 3 is 2.32 bits per heavy atom. The summed E-state index contributed by atoms with van der Waals surface area (Å²) in [5.74, 6) is -0.0596. The zero-order valence-electron chi connectivity index (χ0n) is 12.7. The number of carboxylic acids is 1. The van der Waals surface area contributed by atoms with Crippen molar-refractivity contribution in [1.82, 2.24) is 4.57 Å². The normalized spacial score (nSPS) is 9.36. The minimum absolute atomic E-state index is 0. The Hall–Kier alpha value is -1.75. The number of ether oxygens (including phenoxy) is 1. The summed E-state index contributed by atoms with van der Waals surface area (Å²) in [5.41, 5.74) is 1.42. The summed E-state index contributed by atoms with van der Waals surface area (Å²) in [5, 5.41) is 9.56. The van der Waals surface area contributed by atoms with E-state index in [0.29, 0.717) is 5.56 Å². The molecule has 0 saturated heterocycles. The van der Waals surface area contributed by atoms with Crippen molar-refractivity contribution in [2.45, 2.75) is 0 Å². The van der Waals surface area contributed by atoms with Crippen LogP contribution in [-0.2, 0) is 7.05 Å². The molecule has 0 fully saturated rings. The van der Waals surface area contributed by atoms with Gasteiger partial charge >= 0.3 is 35.5 Å². The van der Waals surface area contributed by atoms with Gasteiger partial charge in [-0.3, -0.25) is 0 Å². The number of fused-ring (bicyclic) bond motifs is 1. The second kappa shape index (κ2) is 8.63. The molecule has 0 amide bonds. The molecule has 3 aromatic rings. The quantitative estimate of drug-likeness (QED) is 0.561. The second-order valence-electron chi connectivity index (χ2n) is 4.44. The topological polar surface area (TPSA) is 51.5 Å². The maximum absolute atomic E-state index is 10.2. The van der Waals surface area contributed by atoms with Crippen LogP contribution in [0.25, 0.3) is 10.9 Å². The molecule has 0 atom stereocenters. The molecule has 0 spiro atoms. The Balaban J connectivity index is 0.000000219. The molecular weight excluding hydrogens is 289 g/mol. The van der Waals surface area contributed by atoms with E-state index in [9.17, 15) is 4.79 Å². The SMILES string of the molecule is O=C(O)c1ccccc1.[CH2-]Oc1cccc2ccn(C)c12.[Na+]. The molecule has 1 aromatic heterocycles. The molecule has 22 heavy (non-hydrogen) atoms. The molecule has 1 heterocycles. The van der Waals surface area contributed by atoms with Crippen LogP contribution >= 0.6 is 0 Å². The monoisotopic (exact) mass is 305 g/mol. The van der Waals surface area contributed by atoms with Gasteiger partial charge in [0.2, 0.25) is 0 Å². The fourth-order valence-electron chi connectivity index (χ4n) is 2.02. The molecule has 3 rings (SSSR count). The van der Waals surface area contributed by atoms with E-state index in [4.69, 9.17) is 9.84 Å². The molecule has 108 valence electrons. The Kier molecular flexibility index (Phi) is 7.18. The van der Waals surface area contributed by atoms with Gasteiger partial charge in [0, 0.05) is 18.6 Å². The van der Waals surface area contributed by atoms with Gasteiger partial charge in [0.1, 0.15) is 5.75 Å². The van der Waals surface area contributed by atoms with Crippen molar-refractivity contribution in [1.29, 1.82) is 0 Å². The van der Waals surface area contributed by atoms with Crippen molar-refractivity contribution in [2.75, 3.05) is 0 Å². The Bertz CT molecular complexity index is 738. The number of benzene rings is 2. The smallest absolute Gasteiger partial charge is 0.664 e. The number of para-hydroxylation sites is 1. The summed E-state index contributed by atoms with van der Waals surface area (Å²) in [6.45, 7) is 0. The number of carboxylic acid groups (broad SMARTS) is 1. The van der Waals surface area contributed by atoms with E-state index in [1.54, 1.807) is 30.3 Å². The van der Waals surface area contributed by atoms with Crippen molar-refractivity contribution in [2.24, 2.45) is 7.05 Å². The van der Waals surface area contributed by atoms with Gasteiger partial charge in [0.25, 0.3) is 0 Å². The van der Waals surface area contributed by atoms with Crippen LogP contribution in [0.15, 0.2) is 60.8 Å². The van der Waals surface area contributed by atoms with E-state index >= 15 is 0 Å². The van der Waals surface area contributed by atoms with E-state index in [-0.39, 0.29) is 29.6 Å². The van der Waals surface area contributed by atoms with Crippen molar-refractivity contribution < 1.29 is 44.2 Å². The van der Waals surface area contributed by atoms with E-state index in [2.05, 4.69) is 19.2 Å². The molecule has 0 aliphatic rings. The summed E-state index contributed by atoms with van der Waals surface area (Å²) < 4.78 is 7.02. The zero-order chi connectivity index (χ0) is 15.2. The summed E-state index contributed by atoms with van der Waals surface area (Å²) in [7, 11) is 5.40. The maximum atomic E-state index is 10.2. The van der Waals surface area contributed by atoms with E-state index in [0.717, 1.165) is 11.3 Å². The van der Waals surface area contributed by atoms with Gasteiger partial charge in [-0.25, -0.2) is 4.79 Å². The first-order valence-corrected chi connectivity index (χ1v) is 6.38. The number of rotatable bonds is 2. The van der Waals surface area contributed by atoms with Crippen LogP contribution in [0.5, 0.6) is 5.75 Å². The average molecular weight is 305 g/mol. The van der Waals surface area contributed by atoms with Crippen LogP contribution < -0.4 is 34.3 Å². The molecule has 0 bridgehead atoms. The molecule has 0 radical (unpaired) electrons. The van der Waals surface area contributed by atoms with Crippen LogP contribution in [-0.4, -0.2) is 15.6 Å². The molecule has 0 saturated carbocycles. The van der Waals surface area contributed by atoms with Gasteiger partial charge in [-0.2, -0.15) is 7.11 Å². The number of aromatic carboxylic acids is 1. The minimum atomic E-state index is -0.879. The number of nitrogens with zero attached hydrogens (tertiary/aromatic N) is 1. The number of hydrogen-bond donors (Lipinski definition) is 1. The molecule has 0 unspecified atom stereocenters. The fraction of sp³-hybridized carbons (Fsp3) is 0.0588. The van der Waals surface area contributed by atoms with Gasteiger partial charge in [-0.1, -0.05) is 30.3 Å². The van der Waals surface area contributed by atoms with Crippen LogP contribution in [0.2, 0.25) is 0 Å². The average Bonchev–Trinajstić information content (AvgIpc) is 2.90. The summed E-state index contributed by atoms with van der Waals surface area (Å²) >= 11 is 0. The van der Waals surface area contributed by atoms with Crippen LogP contribution in [0.4, 0.5) is 0 Å². The summed E-state index contributed by atoms with van der Waals surface area (Å²) in [6.07, 6.45) is 2.01. The first-order valence-electron chi connectivity index (χ1n) is 6.38. The predicted octanol–water partition coefficient (Wildman–Crippen LogP) is 0.737. The van der Waals surface area contributed by atoms with E-state index < -0.39 is 5.97 Å². The Labute approximate surface area is 151 Å². The van der Waals surface area contributed by atoms with Gasteiger partial charge in [0.15, 0.2) is 0 Å². The van der Waals surface area contributed by atoms with Gasteiger partial charge in [-0.15, -0.1) is 0 Å². The predicted molar refractivity (Wildman–Crippen MR) is 82.3 cm³/mol. The van der Waals surface area contributed by atoms with Crippen LogP contribution in [0.3, 0.4) is 0 Å². The summed E-state index contributed by atoms with van der Waals surface area (Å²) in [6, 6.07) is 16.3. The van der Waals surface area contributed by atoms with Crippen molar-refractivity contribution in [3.8, 4) is 5.75 Å². The summed E-state index contributed by atoms with van der Waals surface area (Å²) in [4.78, 5) is 10.2. The fourth-order valence-corrected chi connectivity index (χ4v) is 2.02. The zero-order valence-corrected chi connectivity index (χ0v) is 14.7. The molecule has 0 aliphatic carbocycles. The first-order chi connectivity index (χ1) is 10.1. The van der Waals surface area contributed by atoms with E-state index in [1.807, 2.05) is 29.9 Å². The Morgan fingerprint density at radius 2 is 1.77 bits per heavy atom. The number of hydrogen-bond acceptors (Lipinski definition) is 2. The maximum Gasteiger partial charge on any atom is 1.00 e. The van der Waals surface area contributed by atoms with Crippen molar-refractivity contribution >= 4 is 16.9 Å². The molecule has 1 N–H and O–H groups in total.